The largest absolute Gasteiger partial charge is 0.351 e. The quantitative estimate of drug-likeness (QED) is 0.741. The molecule has 3 aromatic rings. The third-order valence-electron chi connectivity index (χ3n) is 4.42. The van der Waals surface area contributed by atoms with E-state index in [1.54, 1.807) is 12.4 Å². The van der Waals surface area contributed by atoms with Gasteiger partial charge in [0, 0.05) is 18.9 Å². The van der Waals surface area contributed by atoms with Gasteiger partial charge in [0.1, 0.15) is 0 Å². The van der Waals surface area contributed by atoms with Gasteiger partial charge in [-0.3, -0.25) is 9.78 Å². The zero-order valence-electron chi connectivity index (χ0n) is 14.4. The topological polar surface area (TPSA) is 42.0 Å². The normalized spacial score (nSPS) is 11.7. The van der Waals surface area contributed by atoms with Crippen molar-refractivity contribution < 1.29 is 4.79 Å². The molecule has 0 spiro atoms. The summed E-state index contributed by atoms with van der Waals surface area (Å²) in [4.78, 5) is 17.0. The fraction of sp³-hybridized carbons (Fsp3) is 0.182. The average Bonchev–Trinajstić information content (AvgIpc) is 2.67. The highest BCUT2D eigenvalue weighted by molar-refractivity contribution is 5.84. The summed E-state index contributed by atoms with van der Waals surface area (Å²) < 4.78 is 0. The zero-order valence-corrected chi connectivity index (χ0v) is 14.4. The molecule has 1 amide bonds. The van der Waals surface area contributed by atoms with Gasteiger partial charge in [0.25, 0.3) is 0 Å². The van der Waals surface area contributed by atoms with Gasteiger partial charge in [-0.15, -0.1) is 0 Å². The first-order valence-corrected chi connectivity index (χ1v) is 8.50. The van der Waals surface area contributed by atoms with Crippen LogP contribution in [-0.4, -0.2) is 10.9 Å². The van der Waals surface area contributed by atoms with Gasteiger partial charge >= 0.3 is 0 Å². The van der Waals surface area contributed by atoms with Gasteiger partial charge in [0.05, 0.1) is 5.92 Å². The fourth-order valence-electron chi connectivity index (χ4n) is 2.92. The summed E-state index contributed by atoms with van der Waals surface area (Å²) in [7, 11) is 0. The maximum Gasteiger partial charge on any atom is 0.228 e. The Morgan fingerprint density at radius 2 is 1.64 bits per heavy atom. The SMILES string of the molecule is Cc1ccccc1CNC(=O)C(Cc1ccncc1)c1ccccc1. The molecule has 0 bridgehead atoms. The number of nitrogens with one attached hydrogen (secondary N) is 1. The number of rotatable bonds is 6. The standard InChI is InChI=1S/C22H22N2O/c1-17-7-5-6-10-20(17)16-24-22(25)21(19-8-3-2-4-9-19)15-18-11-13-23-14-12-18/h2-14,21H,15-16H2,1H3,(H,24,25). The molecule has 1 heterocycles. The monoisotopic (exact) mass is 330 g/mol. The minimum Gasteiger partial charge on any atom is -0.351 e. The number of nitrogens with zero attached hydrogens (tertiary/aromatic N) is 1. The Labute approximate surface area is 148 Å². The van der Waals surface area contributed by atoms with Crippen molar-refractivity contribution in [2.75, 3.05) is 0 Å². The maximum absolute atomic E-state index is 12.9. The van der Waals surface area contributed by atoms with E-state index in [1.165, 1.54) is 5.56 Å². The number of pyridine rings is 1. The average molecular weight is 330 g/mol. The van der Waals surface area contributed by atoms with Gasteiger partial charge in [-0.05, 0) is 47.7 Å². The fourth-order valence-corrected chi connectivity index (χ4v) is 2.92. The van der Waals surface area contributed by atoms with Gasteiger partial charge in [-0.1, -0.05) is 54.6 Å². The Hall–Kier alpha value is -2.94. The lowest BCUT2D eigenvalue weighted by Crippen LogP contribution is -2.30. The van der Waals surface area contributed by atoms with Crippen LogP contribution >= 0.6 is 0 Å². The molecule has 0 radical (unpaired) electrons. The predicted molar refractivity (Wildman–Crippen MR) is 100 cm³/mol. The van der Waals surface area contributed by atoms with E-state index in [1.807, 2.05) is 54.6 Å². The van der Waals surface area contributed by atoms with Crippen LogP contribution in [0.15, 0.2) is 79.1 Å². The molecule has 0 saturated heterocycles. The summed E-state index contributed by atoms with van der Waals surface area (Å²) in [6, 6.07) is 22.0. The number of aryl methyl sites for hydroxylation is 1. The number of hydrogen-bond donors (Lipinski definition) is 1. The molecule has 0 aliphatic rings. The van der Waals surface area contributed by atoms with E-state index < -0.39 is 0 Å². The lowest BCUT2D eigenvalue weighted by Gasteiger charge is -2.18. The summed E-state index contributed by atoms with van der Waals surface area (Å²) in [6.45, 7) is 2.61. The van der Waals surface area contributed by atoms with Crippen LogP contribution in [0.3, 0.4) is 0 Å². The van der Waals surface area contributed by atoms with E-state index in [2.05, 4.69) is 29.4 Å². The second kappa shape index (κ2) is 8.25. The first-order valence-electron chi connectivity index (χ1n) is 8.50. The van der Waals surface area contributed by atoms with Gasteiger partial charge in [-0.2, -0.15) is 0 Å². The van der Waals surface area contributed by atoms with Gasteiger partial charge in [-0.25, -0.2) is 0 Å². The molecule has 0 saturated carbocycles. The van der Waals surface area contributed by atoms with Gasteiger partial charge < -0.3 is 5.32 Å². The minimum absolute atomic E-state index is 0.0475. The van der Waals surface area contributed by atoms with E-state index >= 15 is 0 Å². The predicted octanol–water partition coefficient (Wildman–Crippen LogP) is 4.03. The second-order valence-electron chi connectivity index (χ2n) is 6.17. The summed E-state index contributed by atoms with van der Waals surface area (Å²) in [6.07, 6.45) is 4.19. The lowest BCUT2D eigenvalue weighted by molar-refractivity contribution is -0.122. The van der Waals surface area contributed by atoms with Crippen molar-refractivity contribution in [1.82, 2.24) is 10.3 Å². The number of aromatic nitrogens is 1. The van der Waals surface area contributed by atoms with Crippen LogP contribution < -0.4 is 5.32 Å². The van der Waals surface area contributed by atoms with E-state index in [-0.39, 0.29) is 11.8 Å². The van der Waals surface area contributed by atoms with Crippen LogP contribution in [0.5, 0.6) is 0 Å². The van der Waals surface area contributed by atoms with Crippen molar-refractivity contribution in [2.45, 2.75) is 25.8 Å². The molecular formula is C22H22N2O. The molecule has 3 nitrogen and oxygen atoms in total. The number of hydrogen-bond acceptors (Lipinski definition) is 2. The van der Waals surface area contributed by atoms with E-state index in [4.69, 9.17) is 0 Å². The zero-order chi connectivity index (χ0) is 17.5. The highest BCUT2D eigenvalue weighted by Crippen LogP contribution is 2.21. The summed E-state index contributed by atoms with van der Waals surface area (Å²) in [5.41, 5.74) is 4.47. The molecule has 2 aromatic carbocycles. The molecule has 1 aromatic heterocycles. The van der Waals surface area contributed by atoms with Crippen molar-refractivity contribution in [2.24, 2.45) is 0 Å². The Kier molecular flexibility index (Phi) is 5.57. The molecule has 1 unspecified atom stereocenters. The van der Waals surface area contributed by atoms with Crippen molar-refractivity contribution >= 4 is 5.91 Å². The molecule has 25 heavy (non-hydrogen) atoms. The first kappa shape index (κ1) is 16.9. The molecular weight excluding hydrogens is 308 g/mol. The van der Waals surface area contributed by atoms with Crippen LogP contribution in [0.4, 0.5) is 0 Å². The van der Waals surface area contributed by atoms with Crippen molar-refractivity contribution in [3.8, 4) is 0 Å². The molecule has 0 aliphatic carbocycles. The lowest BCUT2D eigenvalue weighted by atomic mass is 9.91. The maximum atomic E-state index is 12.9. The smallest absolute Gasteiger partial charge is 0.228 e. The summed E-state index contributed by atoms with van der Waals surface area (Å²) in [5.74, 6) is -0.168. The Morgan fingerprint density at radius 1 is 0.960 bits per heavy atom. The molecule has 3 heteroatoms. The van der Waals surface area contributed by atoms with Crippen molar-refractivity contribution in [1.29, 1.82) is 0 Å². The van der Waals surface area contributed by atoms with E-state index in [9.17, 15) is 4.79 Å². The summed E-state index contributed by atoms with van der Waals surface area (Å²) >= 11 is 0. The highest BCUT2D eigenvalue weighted by atomic mass is 16.1. The van der Waals surface area contributed by atoms with Crippen LogP contribution in [0.1, 0.15) is 28.2 Å². The number of benzene rings is 2. The molecule has 0 aliphatic heterocycles. The Morgan fingerprint density at radius 3 is 2.36 bits per heavy atom. The molecule has 126 valence electrons. The molecule has 3 rings (SSSR count). The first-order chi connectivity index (χ1) is 12.2. The second-order valence-corrected chi connectivity index (χ2v) is 6.17. The molecule has 1 atom stereocenters. The van der Waals surface area contributed by atoms with E-state index in [0.29, 0.717) is 13.0 Å². The third kappa shape index (κ3) is 4.54. The van der Waals surface area contributed by atoms with Crippen LogP contribution in [0.2, 0.25) is 0 Å². The van der Waals surface area contributed by atoms with Crippen molar-refractivity contribution in [3.05, 3.63) is 101 Å². The van der Waals surface area contributed by atoms with Gasteiger partial charge in [0.15, 0.2) is 0 Å². The van der Waals surface area contributed by atoms with Crippen LogP contribution in [0, 0.1) is 6.92 Å². The van der Waals surface area contributed by atoms with Gasteiger partial charge in [0.2, 0.25) is 5.91 Å². The minimum atomic E-state index is -0.215. The number of amides is 1. The highest BCUT2D eigenvalue weighted by Gasteiger charge is 2.21. The molecule has 1 N–H and O–H groups in total. The van der Waals surface area contributed by atoms with Crippen LogP contribution in [0.25, 0.3) is 0 Å². The van der Waals surface area contributed by atoms with Crippen LogP contribution in [-0.2, 0) is 17.8 Å². The Bertz CT molecular complexity index is 816. The van der Waals surface area contributed by atoms with Crippen molar-refractivity contribution in [3.63, 3.8) is 0 Å². The van der Waals surface area contributed by atoms with E-state index in [0.717, 1.165) is 16.7 Å². The summed E-state index contributed by atoms with van der Waals surface area (Å²) in [5, 5.41) is 3.10. The molecule has 0 fully saturated rings. The number of carbonyl (C=O) groups excluding carboxylic acids is 1. The third-order valence-corrected chi connectivity index (χ3v) is 4.42. The number of carbonyl (C=O) groups is 1. The Balaban J connectivity index is 1.76.